The topological polar surface area (TPSA) is 46.5 Å². The van der Waals surface area contributed by atoms with Gasteiger partial charge in [-0.1, -0.05) is 63.3 Å². The fraction of sp³-hybridized carbons (Fsp3) is 0.421. The van der Waals surface area contributed by atoms with Crippen molar-refractivity contribution in [2.75, 3.05) is 6.61 Å². The van der Waals surface area contributed by atoms with Gasteiger partial charge >= 0.3 is 5.97 Å². The molecule has 0 radical (unpaired) electrons. The number of hydrogen-bond donors (Lipinski definition) is 1. The summed E-state index contributed by atoms with van der Waals surface area (Å²) in [6, 6.07) is 11.3. The number of hydrogen-bond acceptors (Lipinski definition) is 2. The van der Waals surface area contributed by atoms with Crippen LogP contribution in [0.5, 0.6) is 5.75 Å². The first-order valence-electron chi connectivity index (χ1n) is 8.11. The molecular weight excluding hydrogens is 276 g/mol. The van der Waals surface area contributed by atoms with Gasteiger partial charge in [-0.05, 0) is 29.3 Å². The Morgan fingerprint density at radius 3 is 2.32 bits per heavy atom. The molecule has 0 unspecified atom stereocenters. The van der Waals surface area contributed by atoms with Gasteiger partial charge in [-0.15, -0.1) is 0 Å². The van der Waals surface area contributed by atoms with Gasteiger partial charge in [-0.25, -0.2) is 4.79 Å². The van der Waals surface area contributed by atoms with Crippen LogP contribution in [0.15, 0.2) is 36.4 Å². The molecule has 2 aromatic rings. The first-order valence-corrected chi connectivity index (χ1v) is 8.11. The summed E-state index contributed by atoms with van der Waals surface area (Å²) in [7, 11) is 0. The SMILES string of the molecule is CCCCCCCCOc1cc2ccccc2cc1C(=O)O. The quantitative estimate of drug-likeness (QED) is 0.641. The van der Waals surface area contributed by atoms with Gasteiger partial charge < -0.3 is 9.84 Å². The van der Waals surface area contributed by atoms with E-state index in [-0.39, 0.29) is 5.56 Å². The maximum absolute atomic E-state index is 11.4. The Balaban J connectivity index is 1.97. The zero-order chi connectivity index (χ0) is 15.8. The predicted molar refractivity (Wildman–Crippen MR) is 89.8 cm³/mol. The summed E-state index contributed by atoms with van der Waals surface area (Å²) in [4.78, 5) is 11.4. The lowest BCUT2D eigenvalue weighted by Gasteiger charge is -2.11. The van der Waals surface area contributed by atoms with Crippen molar-refractivity contribution in [1.82, 2.24) is 0 Å². The van der Waals surface area contributed by atoms with E-state index in [1.54, 1.807) is 6.07 Å². The van der Waals surface area contributed by atoms with Crippen molar-refractivity contribution in [1.29, 1.82) is 0 Å². The van der Waals surface area contributed by atoms with Crippen LogP contribution in [0.4, 0.5) is 0 Å². The van der Waals surface area contributed by atoms with Crippen molar-refractivity contribution in [3.63, 3.8) is 0 Å². The Hall–Kier alpha value is -2.03. The van der Waals surface area contributed by atoms with E-state index in [0.29, 0.717) is 12.4 Å². The number of carboxylic acid groups (broad SMARTS) is 1. The summed E-state index contributed by atoms with van der Waals surface area (Å²) in [5, 5.41) is 11.3. The minimum absolute atomic E-state index is 0.240. The van der Waals surface area contributed by atoms with Gasteiger partial charge in [0.2, 0.25) is 0 Å². The molecule has 118 valence electrons. The van der Waals surface area contributed by atoms with Crippen molar-refractivity contribution >= 4 is 16.7 Å². The molecule has 0 saturated carbocycles. The number of carboxylic acids is 1. The molecule has 0 aliphatic rings. The predicted octanol–water partition coefficient (Wildman–Crippen LogP) is 5.28. The van der Waals surface area contributed by atoms with Crippen LogP contribution in [0.1, 0.15) is 55.8 Å². The van der Waals surface area contributed by atoms with Crippen LogP contribution in [0.25, 0.3) is 10.8 Å². The Bertz CT molecular complexity index is 619. The van der Waals surface area contributed by atoms with E-state index < -0.39 is 5.97 Å². The molecule has 0 heterocycles. The molecule has 0 spiro atoms. The summed E-state index contributed by atoms with van der Waals surface area (Å²) >= 11 is 0. The second-order valence-electron chi connectivity index (χ2n) is 5.62. The fourth-order valence-corrected chi connectivity index (χ4v) is 2.57. The molecule has 1 N–H and O–H groups in total. The number of aromatic carboxylic acids is 1. The number of carbonyl (C=O) groups is 1. The highest BCUT2D eigenvalue weighted by Gasteiger charge is 2.12. The molecule has 0 saturated heterocycles. The van der Waals surface area contributed by atoms with Gasteiger partial charge in [0.15, 0.2) is 0 Å². The molecule has 3 nitrogen and oxygen atoms in total. The molecule has 0 amide bonds. The van der Waals surface area contributed by atoms with E-state index in [4.69, 9.17) is 4.74 Å². The zero-order valence-corrected chi connectivity index (χ0v) is 13.2. The molecule has 2 aromatic carbocycles. The van der Waals surface area contributed by atoms with E-state index in [1.807, 2.05) is 30.3 Å². The summed E-state index contributed by atoms with van der Waals surface area (Å²) in [5.41, 5.74) is 0.240. The van der Waals surface area contributed by atoms with Crippen molar-refractivity contribution in [3.8, 4) is 5.75 Å². The Labute approximate surface area is 131 Å². The van der Waals surface area contributed by atoms with Gasteiger partial charge in [-0.2, -0.15) is 0 Å². The number of rotatable bonds is 9. The lowest BCUT2D eigenvalue weighted by atomic mass is 10.1. The van der Waals surface area contributed by atoms with Crippen molar-refractivity contribution in [3.05, 3.63) is 42.0 Å². The van der Waals surface area contributed by atoms with Crippen LogP contribution >= 0.6 is 0 Å². The first-order chi connectivity index (χ1) is 10.7. The van der Waals surface area contributed by atoms with Crippen molar-refractivity contribution in [2.24, 2.45) is 0 Å². The van der Waals surface area contributed by atoms with Gasteiger partial charge in [0.25, 0.3) is 0 Å². The minimum Gasteiger partial charge on any atom is -0.493 e. The second kappa shape index (κ2) is 8.42. The van der Waals surface area contributed by atoms with Gasteiger partial charge in [0.1, 0.15) is 11.3 Å². The van der Waals surface area contributed by atoms with Gasteiger partial charge in [-0.3, -0.25) is 0 Å². The minimum atomic E-state index is -0.941. The molecule has 0 bridgehead atoms. The third kappa shape index (κ3) is 4.48. The smallest absolute Gasteiger partial charge is 0.339 e. The van der Waals surface area contributed by atoms with Crippen LogP contribution in [0, 0.1) is 0 Å². The lowest BCUT2D eigenvalue weighted by Crippen LogP contribution is -2.04. The van der Waals surface area contributed by atoms with Crippen molar-refractivity contribution < 1.29 is 14.6 Å². The van der Waals surface area contributed by atoms with Crippen LogP contribution in [0.3, 0.4) is 0 Å². The normalized spacial score (nSPS) is 10.8. The van der Waals surface area contributed by atoms with E-state index in [0.717, 1.165) is 23.6 Å². The van der Waals surface area contributed by atoms with E-state index in [2.05, 4.69) is 6.92 Å². The maximum Gasteiger partial charge on any atom is 0.339 e. The molecule has 0 fully saturated rings. The Morgan fingerprint density at radius 1 is 1.00 bits per heavy atom. The monoisotopic (exact) mass is 300 g/mol. The summed E-state index contributed by atoms with van der Waals surface area (Å²) in [5.74, 6) is -0.469. The van der Waals surface area contributed by atoms with Gasteiger partial charge in [0, 0.05) is 0 Å². The molecule has 0 aliphatic heterocycles. The maximum atomic E-state index is 11.4. The summed E-state index contributed by atoms with van der Waals surface area (Å²) < 4.78 is 5.73. The molecule has 3 heteroatoms. The Morgan fingerprint density at radius 2 is 1.64 bits per heavy atom. The highest BCUT2D eigenvalue weighted by atomic mass is 16.5. The molecule has 0 aromatic heterocycles. The third-order valence-corrected chi connectivity index (χ3v) is 3.83. The molecular formula is C19H24O3. The summed E-state index contributed by atoms with van der Waals surface area (Å²) in [6.07, 6.45) is 7.13. The lowest BCUT2D eigenvalue weighted by molar-refractivity contribution is 0.0692. The summed E-state index contributed by atoms with van der Waals surface area (Å²) in [6.45, 7) is 2.78. The average molecular weight is 300 g/mol. The van der Waals surface area contributed by atoms with Crippen LogP contribution in [-0.2, 0) is 0 Å². The number of fused-ring (bicyclic) bond motifs is 1. The third-order valence-electron chi connectivity index (χ3n) is 3.83. The van der Waals surface area contributed by atoms with E-state index >= 15 is 0 Å². The fourth-order valence-electron chi connectivity index (χ4n) is 2.57. The highest BCUT2D eigenvalue weighted by Crippen LogP contribution is 2.26. The Kier molecular flexibility index (Phi) is 6.26. The highest BCUT2D eigenvalue weighted by molar-refractivity contribution is 5.97. The molecule has 2 rings (SSSR count). The van der Waals surface area contributed by atoms with Crippen molar-refractivity contribution in [2.45, 2.75) is 45.4 Å². The van der Waals surface area contributed by atoms with Crippen LogP contribution in [-0.4, -0.2) is 17.7 Å². The largest absolute Gasteiger partial charge is 0.493 e. The first kappa shape index (κ1) is 16.3. The zero-order valence-electron chi connectivity index (χ0n) is 13.2. The standard InChI is InChI=1S/C19H24O3/c1-2-3-4-5-6-9-12-22-18-14-16-11-8-7-10-15(16)13-17(18)19(20)21/h7-8,10-11,13-14H,2-6,9,12H2,1H3,(H,20,21). The number of ether oxygens (including phenoxy) is 1. The second-order valence-corrected chi connectivity index (χ2v) is 5.62. The van der Waals surface area contributed by atoms with Crippen LogP contribution in [0.2, 0.25) is 0 Å². The average Bonchev–Trinajstić information content (AvgIpc) is 2.53. The molecule has 22 heavy (non-hydrogen) atoms. The molecule has 0 atom stereocenters. The van der Waals surface area contributed by atoms with Crippen LogP contribution < -0.4 is 4.74 Å². The number of benzene rings is 2. The van der Waals surface area contributed by atoms with E-state index in [1.165, 1.54) is 25.7 Å². The molecule has 0 aliphatic carbocycles. The van der Waals surface area contributed by atoms with E-state index in [9.17, 15) is 9.90 Å². The van der Waals surface area contributed by atoms with Gasteiger partial charge in [0.05, 0.1) is 6.61 Å². The number of unbranched alkanes of at least 4 members (excludes halogenated alkanes) is 5.